The van der Waals surface area contributed by atoms with Crippen molar-refractivity contribution in [3.63, 3.8) is 0 Å². The minimum Gasteiger partial charge on any atom is -0.496 e. The van der Waals surface area contributed by atoms with Crippen molar-refractivity contribution in [3.8, 4) is 22.6 Å². The molecule has 0 saturated carbocycles. The summed E-state index contributed by atoms with van der Waals surface area (Å²) in [7, 11) is 1.58. The molecule has 0 aliphatic heterocycles. The number of ether oxygens (including phenoxy) is 2. The fourth-order valence-corrected chi connectivity index (χ4v) is 2.82. The summed E-state index contributed by atoms with van der Waals surface area (Å²) in [5.74, 6) is 1.44. The van der Waals surface area contributed by atoms with Gasteiger partial charge < -0.3 is 9.47 Å². The third-order valence-electron chi connectivity index (χ3n) is 4.07. The third-order valence-corrected chi connectivity index (χ3v) is 4.07. The van der Waals surface area contributed by atoms with Crippen LogP contribution in [-0.2, 0) is 6.61 Å². The lowest BCUT2D eigenvalue weighted by Gasteiger charge is -2.11. The molecule has 0 heterocycles. The Labute approximate surface area is 147 Å². The van der Waals surface area contributed by atoms with Crippen LogP contribution in [0.4, 0.5) is 0 Å². The molecule has 0 aliphatic rings. The summed E-state index contributed by atoms with van der Waals surface area (Å²) in [6.45, 7) is 2.48. The molecule has 0 fully saturated rings. The molecule has 3 heteroatoms. The van der Waals surface area contributed by atoms with Crippen molar-refractivity contribution in [3.05, 3.63) is 83.4 Å². The van der Waals surface area contributed by atoms with E-state index in [1.54, 1.807) is 7.11 Å². The van der Waals surface area contributed by atoms with Crippen LogP contribution < -0.4 is 9.47 Å². The Hall–Kier alpha value is -3.07. The number of hydrogen-bond acceptors (Lipinski definition) is 3. The molecule has 3 aromatic rings. The second-order valence-corrected chi connectivity index (χ2v) is 5.83. The maximum absolute atomic E-state index is 11.3. The Kier molecular flexibility index (Phi) is 5.14. The van der Waals surface area contributed by atoms with Crippen molar-refractivity contribution < 1.29 is 14.3 Å². The van der Waals surface area contributed by atoms with E-state index in [0.717, 1.165) is 34.3 Å². The van der Waals surface area contributed by atoms with Crippen LogP contribution in [0, 0.1) is 6.92 Å². The summed E-state index contributed by atoms with van der Waals surface area (Å²) in [5.41, 5.74) is 4.64. The highest BCUT2D eigenvalue weighted by Crippen LogP contribution is 2.30. The van der Waals surface area contributed by atoms with E-state index >= 15 is 0 Å². The maximum Gasteiger partial charge on any atom is 0.153 e. The van der Waals surface area contributed by atoms with Gasteiger partial charge >= 0.3 is 0 Å². The molecule has 0 radical (unpaired) electrons. The maximum atomic E-state index is 11.3. The van der Waals surface area contributed by atoms with E-state index < -0.39 is 0 Å². The van der Waals surface area contributed by atoms with Gasteiger partial charge in [0.2, 0.25) is 0 Å². The number of methoxy groups -OCH3 is 1. The van der Waals surface area contributed by atoms with E-state index in [2.05, 4.69) is 0 Å². The van der Waals surface area contributed by atoms with Gasteiger partial charge in [-0.2, -0.15) is 0 Å². The molecular weight excluding hydrogens is 312 g/mol. The van der Waals surface area contributed by atoms with Gasteiger partial charge in [0.05, 0.1) is 12.7 Å². The lowest BCUT2D eigenvalue weighted by molar-refractivity contribution is 0.112. The molecule has 126 valence electrons. The molecule has 25 heavy (non-hydrogen) atoms. The van der Waals surface area contributed by atoms with Crippen LogP contribution in [-0.4, -0.2) is 13.4 Å². The molecule has 0 aliphatic carbocycles. The average molecular weight is 332 g/mol. The normalized spacial score (nSPS) is 10.3. The zero-order chi connectivity index (χ0) is 17.6. The number of benzene rings is 3. The molecule has 0 saturated heterocycles. The Balaban J connectivity index is 1.78. The Morgan fingerprint density at radius 1 is 0.920 bits per heavy atom. The van der Waals surface area contributed by atoms with Gasteiger partial charge in [0.15, 0.2) is 6.29 Å². The molecule has 3 nitrogen and oxygen atoms in total. The van der Waals surface area contributed by atoms with Gasteiger partial charge in [-0.25, -0.2) is 0 Å². The highest BCUT2D eigenvalue weighted by molar-refractivity contribution is 5.84. The molecule has 3 aromatic carbocycles. The van der Waals surface area contributed by atoms with Crippen LogP contribution in [0.25, 0.3) is 11.1 Å². The largest absolute Gasteiger partial charge is 0.496 e. The highest BCUT2D eigenvalue weighted by atomic mass is 16.5. The van der Waals surface area contributed by atoms with Gasteiger partial charge in [-0.05, 0) is 53.4 Å². The number of hydrogen-bond donors (Lipinski definition) is 0. The number of rotatable bonds is 6. The van der Waals surface area contributed by atoms with Crippen molar-refractivity contribution in [1.29, 1.82) is 0 Å². The van der Waals surface area contributed by atoms with Crippen LogP contribution >= 0.6 is 0 Å². The lowest BCUT2D eigenvalue weighted by atomic mass is 9.99. The summed E-state index contributed by atoms with van der Waals surface area (Å²) in [6.07, 6.45) is 0.826. The monoisotopic (exact) mass is 332 g/mol. The number of aryl methyl sites for hydroxylation is 1. The first-order chi connectivity index (χ1) is 12.2. The number of carbonyl (C=O) groups excluding carboxylic acids is 1. The standard InChI is InChI=1S/C22H20O3/c1-16-12-19(13-20(14-23)22(16)24-2)18-8-10-21(11-9-18)25-15-17-6-4-3-5-7-17/h3-14H,15H2,1-2H3. The van der Waals surface area contributed by atoms with Gasteiger partial charge in [-0.15, -0.1) is 0 Å². The Bertz CT molecular complexity index is 852. The van der Waals surface area contributed by atoms with Crippen LogP contribution in [0.15, 0.2) is 66.7 Å². The first-order valence-corrected chi connectivity index (χ1v) is 8.12. The first kappa shape index (κ1) is 16.8. The molecule has 0 atom stereocenters. The number of aldehydes is 1. The van der Waals surface area contributed by atoms with E-state index in [9.17, 15) is 4.79 Å². The summed E-state index contributed by atoms with van der Waals surface area (Å²) in [5, 5.41) is 0. The summed E-state index contributed by atoms with van der Waals surface area (Å²) in [6, 6.07) is 21.8. The minimum absolute atomic E-state index is 0.539. The third kappa shape index (κ3) is 3.89. The van der Waals surface area contributed by atoms with Gasteiger partial charge in [-0.3, -0.25) is 4.79 Å². The average Bonchev–Trinajstić information content (AvgIpc) is 2.67. The molecule has 0 N–H and O–H groups in total. The van der Waals surface area contributed by atoms with E-state index in [1.807, 2.05) is 73.7 Å². The molecular formula is C22H20O3. The van der Waals surface area contributed by atoms with Crippen molar-refractivity contribution >= 4 is 6.29 Å². The SMILES string of the molecule is COc1c(C)cc(-c2ccc(OCc3ccccc3)cc2)cc1C=O. The van der Waals surface area contributed by atoms with Crippen molar-refractivity contribution in [1.82, 2.24) is 0 Å². The van der Waals surface area contributed by atoms with Gasteiger partial charge in [0, 0.05) is 0 Å². The van der Waals surface area contributed by atoms with Gasteiger partial charge in [-0.1, -0.05) is 42.5 Å². The zero-order valence-corrected chi connectivity index (χ0v) is 14.4. The topological polar surface area (TPSA) is 35.5 Å². The fourth-order valence-electron chi connectivity index (χ4n) is 2.82. The lowest BCUT2D eigenvalue weighted by Crippen LogP contribution is -1.96. The van der Waals surface area contributed by atoms with E-state index in [4.69, 9.17) is 9.47 Å². The quantitative estimate of drug-likeness (QED) is 0.592. The summed E-state index contributed by atoms with van der Waals surface area (Å²) in [4.78, 5) is 11.3. The van der Waals surface area contributed by atoms with Crippen LogP contribution in [0.2, 0.25) is 0 Å². The smallest absolute Gasteiger partial charge is 0.153 e. The predicted octanol–water partition coefficient (Wildman–Crippen LogP) is 5.06. The van der Waals surface area contributed by atoms with Crippen LogP contribution in [0.3, 0.4) is 0 Å². The van der Waals surface area contributed by atoms with Crippen LogP contribution in [0.5, 0.6) is 11.5 Å². The molecule has 0 unspecified atom stereocenters. The van der Waals surface area contributed by atoms with E-state index in [0.29, 0.717) is 17.9 Å². The molecule has 0 bridgehead atoms. The van der Waals surface area contributed by atoms with E-state index in [-0.39, 0.29) is 0 Å². The fraction of sp³-hybridized carbons (Fsp3) is 0.136. The van der Waals surface area contributed by atoms with Gasteiger partial charge in [0.25, 0.3) is 0 Å². The van der Waals surface area contributed by atoms with Crippen LogP contribution in [0.1, 0.15) is 21.5 Å². The predicted molar refractivity (Wildman–Crippen MR) is 99.3 cm³/mol. The Morgan fingerprint density at radius 3 is 2.28 bits per heavy atom. The number of carbonyl (C=O) groups is 1. The molecule has 0 aromatic heterocycles. The molecule has 0 amide bonds. The van der Waals surface area contributed by atoms with Gasteiger partial charge in [0.1, 0.15) is 18.1 Å². The summed E-state index contributed by atoms with van der Waals surface area (Å²) < 4.78 is 11.1. The first-order valence-electron chi connectivity index (χ1n) is 8.12. The minimum atomic E-state index is 0.539. The summed E-state index contributed by atoms with van der Waals surface area (Å²) >= 11 is 0. The zero-order valence-electron chi connectivity index (χ0n) is 14.4. The second kappa shape index (κ2) is 7.67. The van der Waals surface area contributed by atoms with E-state index in [1.165, 1.54) is 0 Å². The van der Waals surface area contributed by atoms with Crippen molar-refractivity contribution in [2.24, 2.45) is 0 Å². The molecule has 0 spiro atoms. The Morgan fingerprint density at radius 2 is 1.64 bits per heavy atom. The van der Waals surface area contributed by atoms with Crippen molar-refractivity contribution in [2.45, 2.75) is 13.5 Å². The second-order valence-electron chi connectivity index (χ2n) is 5.83. The highest BCUT2D eigenvalue weighted by Gasteiger charge is 2.09. The van der Waals surface area contributed by atoms with Crippen molar-refractivity contribution in [2.75, 3.05) is 7.11 Å². The molecule has 3 rings (SSSR count).